The molecule has 0 fully saturated rings. The molecule has 2 aromatic heterocycles. The molecule has 2 heterocycles. The highest BCUT2D eigenvalue weighted by Crippen LogP contribution is 1.97. The lowest BCUT2D eigenvalue weighted by Gasteiger charge is -2.20. The molecule has 23 heavy (non-hydrogen) atoms. The van der Waals surface area contributed by atoms with Crippen LogP contribution in [-0.4, -0.2) is 60.4 Å². The number of imidazole rings is 2. The van der Waals surface area contributed by atoms with Crippen LogP contribution >= 0.6 is 0 Å². The first-order valence-corrected chi connectivity index (χ1v) is 8.31. The second-order valence-corrected chi connectivity index (χ2v) is 8.55. The summed E-state index contributed by atoms with van der Waals surface area (Å²) in [4.78, 5) is 0. The summed E-state index contributed by atoms with van der Waals surface area (Å²) in [6.07, 6.45) is 14.2. The van der Waals surface area contributed by atoms with E-state index in [2.05, 4.69) is 98.0 Å². The minimum atomic E-state index is 0.935. The number of aromatic nitrogens is 4. The Labute approximate surface area is 140 Å². The predicted octanol–water partition coefficient (Wildman–Crippen LogP) is 0.282. The lowest BCUT2D eigenvalue weighted by molar-refractivity contribution is -1.02. The van der Waals surface area contributed by atoms with Crippen molar-refractivity contribution in [2.24, 2.45) is 0 Å². The zero-order valence-corrected chi connectivity index (χ0v) is 15.7. The van der Waals surface area contributed by atoms with E-state index in [1.165, 1.54) is 0 Å². The first-order valence-electron chi connectivity index (χ1n) is 8.31. The highest BCUT2D eigenvalue weighted by molar-refractivity contribution is 4.68. The average Bonchev–Trinajstić information content (AvgIpc) is 2.95. The van der Waals surface area contributed by atoms with Gasteiger partial charge >= 0.3 is 0 Å². The standard InChI is InChI=1S/C17H34N6/c1-22(2,3)16-20-12-10-18(14-20)8-7-9-19-11-13-21(15-19)17-23(4,5)6/h10-15H,7-9,16-17H2,1-6H3/q+4. The Bertz CT molecular complexity index is 557. The first-order chi connectivity index (χ1) is 10.6. The monoisotopic (exact) mass is 322 g/mol. The van der Waals surface area contributed by atoms with E-state index in [0.29, 0.717) is 0 Å². The van der Waals surface area contributed by atoms with Crippen molar-refractivity contribution in [2.75, 3.05) is 42.3 Å². The topological polar surface area (TPSA) is 17.6 Å². The second kappa shape index (κ2) is 6.84. The van der Waals surface area contributed by atoms with Crippen molar-refractivity contribution in [1.29, 1.82) is 0 Å². The van der Waals surface area contributed by atoms with Crippen LogP contribution in [0, 0.1) is 0 Å². The number of quaternary nitrogens is 2. The highest BCUT2D eigenvalue weighted by atomic mass is 15.4. The first kappa shape index (κ1) is 17.7. The van der Waals surface area contributed by atoms with Crippen molar-refractivity contribution in [3.63, 3.8) is 0 Å². The van der Waals surface area contributed by atoms with Crippen LogP contribution in [0.3, 0.4) is 0 Å². The smallest absolute Gasteiger partial charge is 0.248 e. The second-order valence-electron chi connectivity index (χ2n) is 8.55. The zero-order valence-electron chi connectivity index (χ0n) is 15.7. The van der Waals surface area contributed by atoms with E-state index in [9.17, 15) is 0 Å². The number of rotatable bonds is 8. The number of aryl methyl sites for hydroxylation is 2. The molecule has 0 atom stereocenters. The molecule has 0 saturated heterocycles. The maximum Gasteiger partial charge on any atom is 0.248 e. The Hall–Kier alpha value is -1.66. The lowest BCUT2D eigenvalue weighted by atomic mass is 10.4. The minimum Gasteiger partial charge on any atom is -0.295 e. The third-order valence-corrected chi connectivity index (χ3v) is 3.50. The molecule has 128 valence electrons. The van der Waals surface area contributed by atoms with Gasteiger partial charge in [0.1, 0.15) is 24.8 Å². The van der Waals surface area contributed by atoms with E-state index >= 15 is 0 Å². The van der Waals surface area contributed by atoms with Crippen LogP contribution in [0.1, 0.15) is 6.42 Å². The van der Waals surface area contributed by atoms with E-state index in [-0.39, 0.29) is 0 Å². The summed E-state index contributed by atoms with van der Waals surface area (Å²) in [5.41, 5.74) is 0. The van der Waals surface area contributed by atoms with Crippen molar-refractivity contribution < 1.29 is 18.1 Å². The Morgan fingerprint density at radius 1 is 0.696 bits per heavy atom. The molecule has 2 aromatic rings. The van der Waals surface area contributed by atoms with Gasteiger partial charge in [0.2, 0.25) is 26.0 Å². The van der Waals surface area contributed by atoms with E-state index in [4.69, 9.17) is 0 Å². The molecule has 0 aliphatic carbocycles. The van der Waals surface area contributed by atoms with Crippen LogP contribution in [-0.2, 0) is 26.4 Å². The molecular formula is C17H34N6+4. The summed E-state index contributed by atoms with van der Waals surface area (Å²) >= 11 is 0. The quantitative estimate of drug-likeness (QED) is 0.491. The lowest BCUT2D eigenvalue weighted by Crippen LogP contribution is -2.49. The number of nitrogens with zero attached hydrogens (tertiary/aromatic N) is 6. The van der Waals surface area contributed by atoms with Gasteiger partial charge in [0.05, 0.1) is 55.4 Å². The summed E-state index contributed by atoms with van der Waals surface area (Å²) in [7, 11) is 13.3. The van der Waals surface area contributed by atoms with Gasteiger partial charge in [-0.15, -0.1) is 0 Å². The minimum absolute atomic E-state index is 0.935. The molecule has 0 unspecified atom stereocenters. The largest absolute Gasteiger partial charge is 0.295 e. The highest BCUT2D eigenvalue weighted by Gasteiger charge is 2.14. The Kier molecular flexibility index (Phi) is 5.26. The summed E-state index contributed by atoms with van der Waals surface area (Å²) in [6.45, 7) is 4.10. The average molecular weight is 323 g/mol. The van der Waals surface area contributed by atoms with Crippen molar-refractivity contribution in [3.8, 4) is 0 Å². The predicted molar refractivity (Wildman–Crippen MR) is 89.9 cm³/mol. The van der Waals surface area contributed by atoms with Crippen LogP contribution in [0.15, 0.2) is 37.4 Å². The molecule has 0 N–H and O–H groups in total. The SMILES string of the molecule is C[N+](C)(C)C[n+]1ccn(CCCn2cc[n+](C[N+](C)(C)C)c2)c1. The van der Waals surface area contributed by atoms with Gasteiger partial charge in [0.25, 0.3) is 0 Å². The van der Waals surface area contributed by atoms with Gasteiger partial charge in [-0.2, -0.15) is 9.13 Å². The molecule has 0 radical (unpaired) electrons. The molecule has 0 aliphatic heterocycles. The fourth-order valence-electron chi connectivity index (χ4n) is 2.73. The van der Waals surface area contributed by atoms with Gasteiger partial charge in [0, 0.05) is 6.42 Å². The van der Waals surface area contributed by atoms with Crippen molar-refractivity contribution >= 4 is 0 Å². The molecular weight excluding hydrogens is 288 g/mol. The van der Waals surface area contributed by atoms with Crippen LogP contribution in [0.4, 0.5) is 0 Å². The third kappa shape index (κ3) is 6.54. The molecule has 6 nitrogen and oxygen atoms in total. The summed E-state index contributed by atoms with van der Waals surface area (Å²) in [5.74, 6) is 0. The van der Waals surface area contributed by atoms with Gasteiger partial charge in [-0.25, -0.2) is 9.13 Å². The summed E-state index contributed by atoms with van der Waals surface area (Å²) in [5, 5.41) is 0. The van der Waals surface area contributed by atoms with Crippen LogP contribution < -0.4 is 9.13 Å². The maximum atomic E-state index is 2.28. The number of hydrogen-bond acceptors (Lipinski definition) is 0. The van der Waals surface area contributed by atoms with Gasteiger partial charge in [0.15, 0.2) is 0 Å². The fraction of sp³-hybridized carbons (Fsp3) is 0.647. The van der Waals surface area contributed by atoms with E-state index in [1.54, 1.807) is 0 Å². The van der Waals surface area contributed by atoms with Gasteiger partial charge in [-0.3, -0.25) is 8.97 Å². The van der Waals surface area contributed by atoms with Crippen molar-refractivity contribution in [3.05, 3.63) is 37.4 Å². The van der Waals surface area contributed by atoms with Crippen molar-refractivity contribution in [1.82, 2.24) is 9.13 Å². The van der Waals surface area contributed by atoms with Crippen LogP contribution in [0.25, 0.3) is 0 Å². The maximum absolute atomic E-state index is 2.28. The normalized spacial score (nSPS) is 12.8. The van der Waals surface area contributed by atoms with E-state index < -0.39 is 0 Å². The molecule has 0 saturated carbocycles. The van der Waals surface area contributed by atoms with E-state index in [0.717, 1.165) is 41.8 Å². The van der Waals surface area contributed by atoms with Crippen LogP contribution in [0.5, 0.6) is 0 Å². The van der Waals surface area contributed by atoms with Gasteiger partial charge < -0.3 is 0 Å². The molecule has 0 amide bonds. The number of hydrogen-bond donors (Lipinski definition) is 0. The molecule has 2 rings (SSSR count). The summed E-state index contributed by atoms with van der Waals surface area (Å²) in [6, 6.07) is 0. The third-order valence-electron chi connectivity index (χ3n) is 3.50. The molecule has 0 aliphatic rings. The van der Waals surface area contributed by atoms with Gasteiger partial charge in [-0.05, 0) is 0 Å². The summed E-state index contributed by atoms with van der Waals surface area (Å²) < 4.78 is 10.9. The Morgan fingerprint density at radius 2 is 1.09 bits per heavy atom. The van der Waals surface area contributed by atoms with E-state index in [1.807, 2.05) is 0 Å². The Balaban J connectivity index is 1.79. The molecule has 0 bridgehead atoms. The van der Waals surface area contributed by atoms with Gasteiger partial charge in [-0.1, -0.05) is 0 Å². The molecule has 0 spiro atoms. The fourth-order valence-corrected chi connectivity index (χ4v) is 2.73. The Morgan fingerprint density at radius 3 is 1.43 bits per heavy atom. The van der Waals surface area contributed by atoms with Crippen molar-refractivity contribution in [2.45, 2.75) is 32.8 Å². The molecule has 0 aromatic carbocycles. The zero-order chi connectivity index (χ0) is 17.1. The van der Waals surface area contributed by atoms with Crippen LogP contribution in [0.2, 0.25) is 0 Å². The molecule has 6 heteroatoms.